The Kier molecular flexibility index (Phi) is 4.74. The smallest absolute Gasteiger partial charge is 0.338 e. The van der Waals surface area contributed by atoms with E-state index in [1.165, 1.54) is 7.11 Å². The summed E-state index contributed by atoms with van der Waals surface area (Å²) in [5.74, 6) is -0.327. The molecule has 1 aromatic carbocycles. The molecule has 0 bridgehead atoms. The Morgan fingerprint density at radius 3 is 2.75 bits per heavy atom. The first-order valence-corrected chi connectivity index (χ1v) is 6.94. The molecule has 104 valence electrons. The van der Waals surface area contributed by atoms with Crippen molar-refractivity contribution in [3.63, 3.8) is 0 Å². The van der Waals surface area contributed by atoms with E-state index in [9.17, 15) is 4.79 Å². The largest absolute Gasteiger partial charge is 0.465 e. The molecule has 0 saturated heterocycles. The molecule has 1 aromatic heterocycles. The lowest BCUT2D eigenvalue weighted by atomic mass is 10.1. The second kappa shape index (κ2) is 6.52. The third-order valence-electron chi connectivity index (χ3n) is 2.97. The van der Waals surface area contributed by atoms with E-state index in [1.807, 2.05) is 37.3 Å². The molecule has 5 heteroatoms. The van der Waals surface area contributed by atoms with Crippen molar-refractivity contribution in [2.45, 2.75) is 13.5 Å². The van der Waals surface area contributed by atoms with E-state index in [-0.39, 0.29) is 5.97 Å². The Hall–Kier alpha value is -1.88. The highest BCUT2D eigenvalue weighted by molar-refractivity contribution is 9.10. The molecule has 0 aliphatic heterocycles. The highest BCUT2D eigenvalue weighted by Crippen LogP contribution is 2.20. The van der Waals surface area contributed by atoms with Crippen LogP contribution in [0.3, 0.4) is 0 Å². The van der Waals surface area contributed by atoms with Gasteiger partial charge >= 0.3 is 5.97 Å². The highest BCUT2D eigenvalue weighted by atomic mass is 79.9. The normalized spacial score (nSPS) is 10.2. The fraction of sp³-hybridized carbons (Fsp3) is 0.200. The van der Waals surface area contributed by atoms with E-state index in [0.717, 1.165) is 21.5 Å². The van der Waals surface area contributed by atoms with Crippen LogP contribution in [-0.4, -0.2) is 18.1 Å². The average molecular weight is 335 g/mol. The van der Waals surface area contributed by atoms with Crippen LogP contribution in [0.1, 0.15) is 21.6 Å². The maximum absolute atomic E-state index is 11.6. The molecular weight excluding hydrogens is 320 g/mol. The molecule has 20 heavy (non-hydrogen) atoms. The average Bonchev–Trinajstić information content (AvgIpc) is 2.45. The summed E-state index contributed by atoms with van der Waals surface area (Å²) in [6, 6.07) is 11.3. The van der Waals surface area contributed by atoms with Crippen molar-refractivity contribution in [3.05, 3.63) is 57.8 Å². The SMILES string of the molecule is COC(=O)c1cccc(NCc2cccc(Br)n2)c1C. The fourth-order valence-corrected chi connectivity index (χ4v) is 2.27. The summed E-state index contributed by atoms with van der Waals surface area (Å²) in [7, 11) is 1.38. The molecule has 0 amide bonds. The zero-order valence-corrected chi connectivity index (χ0v) is 12.9. The van der Waals surface area contributed by atoms with Crippen LogP contribution in [0.2, 0.25) is 0 Å². The van der Waals surface area contributed by atoms with Crippen molar-refractivity contribution < 1.29 is 9.53 Å². The molecule has 0 atom stereocenters. The van der Waals surface area contributed by atoms with Gasteiger partial charge in [-0.2, -0.15) is 0 Å². The third kappa shape index (κ3) is 3.36. The molecule has 0 fully saturated rings. The number of aromatic nitrogens is 1. The van der Waals surface area contributed by atoms with Crippen LogP contribution in [0.15, 0.2) is 41.0 Å². The lowest BCUT2D eigenvalue weighted by Crippen LogP contribution is -2.08. The standard InChI is InChI=1S/C15H15BrN2O2/c1-10-12(15(19)20-2)6-4-7-13(10)17-9-11-5-3-8-14(16)18-11/h3-8,17H,9H2,1-2H3. The first kappa shape index (κ1) is 14.5. The van der Waals surface area contributed by atoms with Crippen LogP contribution in [0, 0.1) is 6.92 Å². The Morgan fingerprint density at radius 2 is 2.05 bits per heavy atom. The zero-order chi connectivity index (χ0) is 14.5. The molecule has 2 rings (SSSR count). The van der Waals surface area contributed by atoms with Gasteiger partial charge in [-0.3, -0.25) is 0 Å². The van der Waals surface area contributed by atoms with Crippen molar-refractivity contribution in [2.24, 2.45) is 0 Å². The summed E-state index contributed by atoms with van der Waals surface area (Å²) < 4.78 is 5.57. The van der Waals surface area contributed by atoms with Crippen LogP contribution in [0.5, 0.6) is 0 Å². The number of hydrogen-bond acceptors (Lipinski definition) is 4. The number of benzene rings is 1. The summed E-state index contributed by atoms with van der Waals surface area (Å²) in [6.07, 6.45) is 0. The molecule has 2 aromatic rings. The molecule has 0 saturated carbocycles. The van der Waals surface area contributed by atoms with Gasteiger partial charge in [0.1, 0.15) is 4.60 Å². The molecule has 0 unspecified atom stereocenters. The van der Waals surface area contributed by atoms with Gasteiger partial charge in [0.15, 0.2) is 0 Å². The molecule has 1 N–H and O–H groups in total. The van der Waals surface area contributed by atoms with Crippen molar-refractivity contribution in [3.8, 4) is 0 Å². The quantitative estimate of drug-likeness (QED) is 0.686. The molecule has 0 radical (unpaired) electrons. The second-order valence-electron chi connectivity index (χ2n) is 4.27. The molecule has 1 heterocycles. The van der Waals surface area contributed by atoms with Crippen molar-refractivity contribution in [1.82, 2.24) is 4.98 Å². The number of nitrogens with zero attached hydrogens (tertiary/aromatic N) is 1. The van der Waals surface area contributed by atoms with Crippen LogP contribution in [-0.2, 0) is 11.3 Å². The van der Waals surface area contributed by atoms with Gasteiger partial charge in [0.25, 0.3) is 0 Å². The topological polar surface area (TPSA) is 51.2 Å². The van der Waals surface area contributed by atoms with Crippen LogP contribution < -0.4 is 5.32 Å². The third-order valence-corrected chi connectivity index (χ3v) is 3.41. The van der Waals surface area contributed by atoms with Crippen LogP contribution >= 0.6 is 15.9 Å². The van der Waals surface area contributed by atoms with Gasteiger partial charge in [0.2, 0.25) is 0 Å². The highest BCUT2D eigenvalue weighted by Gasteiger charge is 2.11. The van der Waals surface area contributed by atoms with Crippen molar-refractivity contribution in [2.75, 3.05) is 12.4 Å². The molecule has 0 aliphatic rings. The van der Waals surface area contributed by atoms with Gasteiger partial charge in [-0.1, -0.05) is 12.1 Å². The number of ether oxygens (including phenoxy) is 1. The van der Waals surface area contributed by atoms with Gasteiger partial charge in [0.05, 0.1) is 24.9 Å². The number of methoxy groups -OCH3 is 1. The Morgan fingerprint density at radius 1 is 1.30 bits per heavy atom. The fourth-order valence-electron chi connectivity index (χ4n) is 1.89. The number of halogens is 1. The van der Waals surface area contributed by atoms with E-state index in [1.54, 1.807) is 6.07 Å². The zero-order valence-electron chi connectivity index (χ0n) is 11.3. The van der Waals surface area contributed by atoms with Crippen molar-refractivity contribution in [1.29, 1.82) is 0 Å². The van der Waals surface area contributed by atoms with Crippen LogP contribution in [0.25, 0.3) is 0 Å². The number of rotatable bonds is 4. The van der Waals surface area contributed by atoms with Gasteiger partial charge in [-0.25, -0.2) is 9.78 Å². The van der Waals surface area contributed by atoms with E-state index < -0.39 is 0 Å². The number of carbonyl (C=O) groups excluding carboxylic acids is 1. The van der Waals surface area contributed by atoms with E-state index in [0.29, 0.717) is 12.1 Å². The Balaban J connectivity index is 2.16. The molecule has 4 nitrogen and oxygen atoms in total. The van der Waals surface area contributed by atoms with E-state index in [4.69, 9.17) is 4.74 Å². The number of hydrogen-bond donors (Lipinski definition) is 1. The van der Waals surface area contributed by atoms with Crippen molar-refractivity contribution >= 4 is 27.6 Å². The van der Waals surface area contributed by atoms with Gasteiger partial charge in [-0.05, 0) is 52.7 Å². The predicted molar refractivity (Wildman–Crippen MR) is 81.8 cm³/mol. The van der Waals surface area contributed by atoms with Gasteiger partial charge in [-0.15, -0.1) is 0 Å². The van der Waals surface area contributed by atoms with Gasteiger partial charge in [0, 0.05) is 5.69 Å². The Labute approximate surface area is 126 Å². The summed E-state index contributed by atoms with van der Waals surface area (Å²) in [5.41, 5.74) is 3.26. The summed E-state index contributed by atoms with van der Waals surface area (Å²) >= 11 is 3.34. The lowest BCUT2D eigenvalue weighted by Gasteiger charge is -2.12. The van der Waals surface area contributed by atoms with E-state index >= 15 is 0 Å². The molecule has 0 spiro atoms. The van der Waals surface area contributed by atoms with Gasteiger partial charge < -0.3 is 10.1 Å². The summed E-state index contributed by atoms with van der Waals surface area (Å²) in [6.45, 7) is 2.48. The Bertz CT molecular complexity index is 629. The summed E-state index contributed by atoms with van der Waals surface area (Å²) in [5, 5.41) is 3.28. The predicted octanol–water partition coefficient (Wildman–Crippen LogP) is 3.55. The maximum Gasteiger partial charge on any atom is 0.338 e. The van der Waals surface area contributed by atoms with E-state index in [2.05, 4.69) is 26.2 Å². The second-order valence-corrected chi connectivity index (χ2v) is 5.09. The molecular formula is C15H15BrN2O2. The number of nitrogens with one attached hydrogen (secondary N) is 1. The maximum atomic E-state index is 11.6. The number of carbonyl (C=O) groups is 1. The molecule has 0 aliphatic carbocycles. The monoisotopic (exact) mass is 334 g/mol. The first-order chi connectivity index (χ1) is 9.61. The number of anilines is 1. The minimum Gasteiger partial charge on any atom is -0.465 e. The summed E-state index contributed by atoms with van der Waals surface area (Å²) in [4.78, 5) is 16.0. The lowest BCUT2D eigenvalue weighted by molar-refractivity contribution is 0.0600. The minimum atomic E-state index is -0.327. The number of esters is 1. The first-order valence-electron chi connectivity index (χ1n) is 6.15. The number of pyridine rings is 1. The minimum absolute atomic E-state index is 0.327. The van der Waals surface area contributed by atoms with Crippen LogP contribution in [0.4, 0.5) is 5.69 Å².